The van der Waals surface area contributed by atoms with Crippen molar-refractivity contribution in [1.82, 2.24) is 4.98 Å². The Morgan fingerprint density at radius 1 is 0.522 bits per heavy atom. The zero-order valence-corrected chi connectivity index (χ0v) is 12.4. The molecule has 106 valence electrons. The standard InChI is InChI=1S/C22H13N/c1-2-7-14-13(6-1)12-18-16-9-4-3-8-15(16)17-10-5-11-19-20(17)21(18)22(14)23-19/h1-12,23H. The summed E-state index contributed by atoms with van der Waals surface area (Å²) in [5.41, 5.74) is 2.49. The predicted octanol–water partition coefficient (Wildman–Crippen LogP) is 6.22. The molecule has 0 unspecified atom stereocenters. The van der Waals surface area contributed by atoms with Crippen LogP contribution in [-0.2, 0) is 0 Å². The van der Waals surface area contributed by atoms with Crippen LogP contribution in [0.2, 0.25) is 0 Å². The van der Waals surface area contributed by atoms with Gasteiger partial charge in [-0.15, -0.1) is 0 Å². The highest BCUT2D eigenvalue weighted by molar-refractivity contribution is 6.37. The smallest absolute Gasteiger partial charge is 0.0551 e. The number of fused-ring (bicyclic) bond motifs is 5. The number of nitrogens with one attached hydrogen (secondary N) is 1. The molecular weight excluding hydrogens is 278 g/mol. The van der Waals surface area contributed by atoms with Crippen molar-refractivity contribution in [2.75, 3.05) is 0 Å². The molecule has 1 heteroatoms. The molecule has 0 amide bonds. The molecule has 0 saturated carbocycles. The third-order valence-corrected chi connectivity index (χ3v) is 5.13. The highest BCUT2D eigenvalue weighted by atomic mass is 14.7. The minimum atomic E-state index is 1.23. The topological polar surface area (TPSA) is 15.8 Å². The molecule has 1 aromatic heterocycles. The second-order valence-electron chi connectivity index (χ2n) is 6.29. The first-order valence-electron chi connectivity index (χ1n) is 7.98. The lowest BCUT2D eigenvalue weighted by molar-refractivity contribution is 1.57. The number of benzene rings is 5. The number of aromatic amines is 1. The monoisotopic (exact) mass is 291 g/mol. The van der Waals surface area contributed by atoms with E-state index in [1.807, 2.05) is 0 Å². The maximum Gasteiger partial charge on any atom is 0.0551 e. The SMILES string of the molecule is c1ccc2c(c1)cc1c3ccccc3c3cccc4[nH]c2c1c43. The van der Waals surface area contributed by atoms with Crippen LogP contribution in [-0.4, -0.2) is 4.98 Å². The van der Waals surface area contributed by atoms with Gasteiger partial charge < -0.3 is 4.98 Å². The summed E-state index contributed by atoms with van der Waals surface area (Å²) in [6, 6.07) is 26.3. The van der Waals surface area contributed by atoms with Gasteiger partial charge in [0.15, 0.2) is 0 Å². The van der Waals surface area contributed by atoms with Gasteiger partial charge in [-0.1, -0.05) is 60.7 Å². The van der Waals surface area contributed by atoms with E-state index in [0.717, 1.165) is 0 Å². The van der Waals surface area contributed by atoms with E-state index in [4.69, 9.17) is 0 Å². The van der Waals surface area contributed by atoms with Gasteiger partial charge in [-0.25, -0.2) is 0 Å². The van der Waals surface area contributed by atoms with Crippen molar-refractivity contribution in [3.8, 4) is 0 Å². The molecule has 0 spiro atoms. The minimum Gasteiger partial charge on any atom is -0.354 e. The van der Waals surface area contributed by atoms with Crippen LogP contribution in [0.3, 0.4) is 0 Å². The first-order chi connectivity index (χ1) is 11.4. The normalized spacial score (nSPS) is 12.3. The Labute approximate surface area is 132 Å². The van der Waals surface area contributed by atoms with Crippen LogP contribution in [0.1, 0.15) is 0 Å². The lowest BCUT2D eigenvalue weighted by atomic mass is 9.92. The first kappa shape index (κ1) is 11.5. The Morgan fingerprint density at radius 2 is 1.22 bits per heavy atom. The van der Waals surface area contributed by atoms with Crippen molar-refractivity contribution in [3.05, 3.63) is 72.8 Å². The van der Waals surface area contributed by atoms with Crippen molar-refractivity contribution >= 4 is 54.1 Å². The molecule has 5 aromatic carbocycles. The number of aromatic nitrogens is 1. The first-order valence-corrected chi connectivity index (χ1v) is 7.98. The summed E-state index contributed by atoms with van der Waals surface area (Å²) >= 11 is 0. The number of hydrogen-bond donors (Lipinski definition) is 1. The molecule has 0 aliphatic heterocycles. The molecule has 23 heavy (non-hydrogen) atoms. The Bertz CT molecular complexity index is 1350. The van der Waals surface area contributed by atoms with Gasteiger partial charge in [0.25, 0.3) is 0 Å². The van der Waals surface area contributed by atoms with Gasteiger partial charge in [0.2, 0.25) is 0 Å². The maximum atomic E-state index is 3.68. The van der Waals surface area contributed by atoms with Gasteiger partial charge in [0.1, 0.15) is 0 Å². The van der Waals surface area contributed by atoms with Gasteiger partial charge in [-0.05, 0) is 39.1 Å². The number of hydrogen-bond acceptors (Lipinski definition) is 0. The van der Waals surface area contributed by atoms with Crippen LogP contribution in [0.5, 0.6) is 0 Å². The van der Waals surface area contributed by atoms with Crippen LogP contribution < -0.4 is 0 Å². The van der Waals surface area contributed by atoms with Crippen LogP contribution >= 0.6 is 0 Å². The minimum absolute atomic E-state index is 1.23. The van der Waals surface area contributed by atoms with Crippen molar-refractivity contribution < 1.29 is 0 Å². The molecule has 6 rings (SSSR count). The second kappa shape index (κ2) is 3.82. The van der Waals surface area contributed by atoms with Crippen molar-refractivity contribution in [3.63, 3.8) is 0 Å². The molecule has 0 fully saturated rings. The van der Waals surface area contributed by atoms with Gasteiger partial charge in [-0.3, -0.25) is 0 Å². The lowest BCUT2D eigenvalue weighted by Crippen LogP contribution is -1.83. The zero-order chi connectivity index (χ0) is 15.0. The molecular formula is C22H13N. The molecule has 0 saturated heterocycles. The Morgan fingerprint density at radius 3 is 2.09 bits per heavy atom. The second-order valence-corrected chi connectivity index (χ2v) is 6.29. The van der Waals surface area contributed by atoms with Crippen molar-refractivity contribution in [1.29, 1.82) is 0 Å². The Hall–Kier alpha value is -3.06. The summed E-state index contributed by atoms with van der Waals surface area (Å²) in [4.78, 5) is 3.68. The van der Waals surface area contributed by atoms with Gasteiger partial charge >= 0.3 is 0 Å². The molecule has 0 bridgehead atoms. The van der Waals surface area contributed by atoms with Gasteiger partial charge in [0.05, 0.1) is 5.52 Å². The van der Waals surface area contributed by atoms with E-state index in [0.29, 0.717) is 0 Å². The van der Waals surface area contributed by atoms with E-state index in [1.165, 1.54) is 54.1 Å². The summed E-state index contributed by atoms with van der Waals surface area (Å²) in [5, 5.41) is 10.7. The highest BCUT2D eigenvalue weighted by Crippen LogP contribution is 2.43. The van der Waals surface area contributed by atoms with Crippen molar-refractivity contribution in [2.45, 2.75) is 0 Å². The van der Waals surface area contributed by atoms with Crippen LogP contribution in [0.4, 0.5) is 0 Å². The van der Waals surface area contributed by atoms with E-state index in [2.05, 4.69) is 77.8 Å². The summed E-state index contributed by atoms with van der Waals surface area (Å²) < 4.78 is 0. The largest absolute Gasteiger partial charge is 0.354 e. The van der Waals surface area contributed by atoms with Gasteiger partial charge in [0, 0.05) is 21.7 Å². The molecule has 0 aliphatic carbocycles. The molecule has 1 nitrogen and oxygen atoms in total. The summed E-state index contributed by atoms with van der Waals surface area (Å²) in [6.45, 7) is 0. The molecule has 0 radical (unpaired) electrons. The van der Waals surface area contributed by atoms with Crippen LogP contribution in [0, 0.1) is 0 Å². The van der Waals surface area contributed by atoms with E-state index >= 15 is 0 Å². The molecule has 1 N–H and O–H groups in total. The average Bonchev–Trinajstić information content (AvgIpc) is 3.01. The van der Waals surface area contributed by atoms with Crippen molar-refractivity contribution in [2.24, 2.45) is 0 Å². The summed E-state index contributed by atoms with van der Waals surface area (Å²) in [7, 11) is 0. The maximum absolute atomic E-state index is 3.68. The average molecular weight is 291 g/mol. The zero-order valence-electron chi connectivity index (χ0n) is 12.4. The van der Waals surface area contributed by atoms with Crippen LogP contribution in [0.15, 0.2) is 72.8 Å². The van der Waals surface area contributed by atoms with E-state index in [-0.39, 0.29) is 0 Å². The van der Waals surface area contributed by atoms with E-state index in [1.54, 1.807) is 0 Å². The van der Waals surface area contributed by atoms with Gasteiger partial charge in [-0.2, -0.15) is 0 Å². The Kier molecular flexibility index (Phi) is 1.91. The molecule has 1 heterocycles. The van der Waals surface area contributed by atoms with E-state index in [9.17, 15) is 0 Å². The Balaban J connectivity index is 2.13. The molecule has 6 aromatic rings. The fraction of sp³-hybridized carbons (Fsp3) is 0. The summed E-state index contributed by atoms with van der Waals surface area (Å²) in [6.07, 6.45) is 0. The fourth-order valence-electron chi connectivity index (χ4n) is 4.19. The summed E-state index contributed by atoms with van der Waals surface area (Å²) in [5.74, 6) is 0. The molecule has 0 aliphatic rings. The predicted molar refractivity (Wildman–Crippen MR) is 99.5 cm³/mol. The third-order valence-electron chi connectivity index (χ3n) is 5.13. The van der Waals surface area contributed by atoms with Crippen LogP contribution in [0.25, 0.3) is 54.1 Å². The highest BCUT2D eigenvalue weighted by Gasteiger charge is 2.16. The molecule has 0 atom stereocenters. The third kappa shape index (κ3) is 1.29. The lowest BCUT2D eigenvalue weighted by Gasteiger charge is -2.10. The number of H-pyrrole nitrogens is 1. The van der Waals surface area contributed by atoms with E-state index < -0.39 is 0 Å². The number of rotatable bonds is 0. The quantitative estimate of drug-likeness (QED) is 0.252. The fourth-order valence-corrected chi connectivity index (χ4v) is 4.19.